The molecule has 0 aliphatic heterocycles. The molecule has 1 rings (SSSR count). The highest BCUT2D eigenvalue weighted by molar-refractivity contribution is 6.30. The SMILES string of the molecule is CN(C)c1cc(C(F)(F)F)c(Cl)nn1. The molecule has 1 aromatic rings. The number of hydrogen-bond acceptors (Lipinski definition) is 3. The van der Waals surface area contributed by atoms with Crippen LogP contribution in [0.2, 0.25) is 5.15 Å². The van der Waals surface area contributed by atoms with Gasteiger partial charge >= 0.3 is 6.18 Å². The second-order valence-electron chi connectivity index (χ2n) is 2.80. The minimum atomic E-state index is -4.50. The molecule has 0 atom stereocenters. The minimum Gasteiger partial charge on any atom is -0.361 e. The number of aromatic nitrogens is 2. The fourth-order valence-corrected chi connectivity index (χ4v) is 0.983. The van der Waals surface area contributed by atoms with E-state index in [0.717, 1.165) is 6.07 Å². The molecule has 0 fully saturated rings. The number of halogens is 4. The molecule has 14 heavy (non-hydrogen) atoms. The Morgan fingerprint density at radius 2 is 1.86 bits per heavy atom. The van der Waals surface area contributed by atoms with E-state index in [-0.39, 0.29) is 5.82 Å². The maximum Gasteiger partial charge on any atom is 0.419 e. The lowest BCUT2D eigenvalue weighted by Crippen LogP contribution is -2.15. The predicted molar refractivity (Wildman–Crippen MR) is 46.4 cm³/mol. The molecular formula is C7H7ClF3N3. The summed E-state index contributed by atoms with van der Waals surface area (Å²) in [7, 11) is 3.14. The van der Waals surface area contributed by atoms with Crippen molar-refractivity contribution in [3.63, 3.8) is 0 Å². The maximum absolute atomic E-state index is 12.3. The van der Waals surface area contributed by atoms with Gasteiger partial charge in [-0.1, -0.05) is 11.6 Å². The monoisotopic (exact) mass is 225 g/mol. The summed E-state index contributed by atoms with van der Waals surface area (Å²) in [5.41, 5.74) is -0.974. The zero-order valence-corrected chi connectivity index (χ0v) is 8.19. The van der Waals surface area contributed by atoms with E-state index in [1.165, 1.54) is 4.90 Å². The molecule has 0 amide bonds. The summed E-state index contributed by atoms with van der Waals surface area (Å²) in [6.45, 7) is 0. The Morgan fingerprint density at radius 1 is 1.29 bits per heavy atom. The highest BCUT2D eigenvalue weighted by Crippen LogP contribution is 2.34. The predicted octanol–water partition coefficient (Wildman–Crippen LogP) is 2.21. The lowest BCUT2D eigenvalue weighted by Gasteiger charge is -2.13. The van der Waals surface area contributed by atoms with Crippen molar-refractivity contribution in [2.45, 2.75) is 6.18 Å². The summed E-state index contributed by atoms with van der Waals surface area (Å²) in [5.74, 6) is 0.113. The molecule has 1 heterocycles. The van der Waals surface area contributed by atoms with Crippen molar-refractivity contribution in [2.75, 3.05) is 19.0 Å². The van der Waals surface area contributed by atoms with Gasteiger partial charge in [0.25, 0.3) is 0 Å². The Labute approximate surface area is 83.5 Å². The van der Waals surface area contributed by atoms with Crippen molar-refractivity contribution < 1.29 is 13.2 Å². The van der Waals surface area contributed by atoms with Crippen LogP contribution >= 0.6 is 11.6 Å². The van der Waals surface area contributed by atoms with Crippen LogP contribution in [-0.2, 0) is 6.18 Å². The van der Waals surface area contributed by atoms with E-state index in [1.54, 1.807) is 14.1 Å². The molecule has 0 spiro atoms. The van der Waals surface area contributed by atoms with Crippen molar-refractivity contribution in [3.05, 3.63) is 16.8 Å². The molecule has 1 aromatic heterocycles. The second-order valence-corrected chi connectivity index (χ2v) is 3.16. The Kier molecular flexibility index (Phi) is 2.84. The third-order valence-electron chi connectivity index (χ3n) is 1.50. The average Bonchev–Trinajstić information content (AvgIpc) is 2.02. The van der Waals surface area contributed by atoms with Crippen molar-refractivity contribution >= 4 is 17.4 Å². The maximum atomic E-state index is 12.3. The first-order valence-electron chi connectivity index (χ1n) is 3.60. The lowest BCUT2D eigenvalue weighted by atomic mass is 10.3. The molecule has 3 nitrogen and oxygen atoms in total. The van der Waals surface area contributed by atoms with Gasteiger partial charge in [-0.3, -0.25) is 0 Å². The van der Waals surface area contributed by atoms with Gasteiger partial charge in [0.15, 0.2) is 11.0 Å². The van der Waals surface area contributed by atoms with E-state index < -0.39 is 16.9 Å². The normalized spacial score (nSPS) is 11.6. The number of hydrogen-bond donors (Lipinski definition) is 0. The van der Waals surface area contributed by atoms with Gasteiger partial charge in [-0.05, 0) is 6.07 Å². The number of anilines is 1. The molecule has 0 N–H and O–H groups in total. The molecular weight excluding hydrogens is 219 g/mol. The molecule has 0 saturated heterocycles. The summed E-state index contributed by atoms with van der Waals surface area (Å²) in [6, 6.07) is 0.856. The first kappa shape index (κ1) is 11.0. The first-order valence-corrected chi connectivity index (χ1v) is 3.98. The van der Waals surface area contributed by atoms with E-state index in [0.29, 0.717) is 0 Å². The average molecular weight is 226 g/mol. The highest BCUT2D eigenvalue weighted by Gasteiger charge is 2.34. The van der Waals surface area contributed by atoms with Gasteiger partial charge in [0.05, 0.1) is 5.56 Å². The largest absolute Gasteiger partial charge is 0.419 e. The Balaban J connectivity index is 3.22. The Morgan fingerprint density at radius 3 is 2.29 bits per heavy atom. The molecule has 78 valence electrons. The number of rotatable bonds is 1. The minimum absolute atomic E-state index is 0.113. The molecule has 0 aliphatic rings. The smallest absolute Gasteiger partial charge is 0.361 e. The summed E-state index contributed by atoms with van der Waals surface area (Å²) >= 11 is 5.27. The second kappa shape index (κ2) is 3.61. The van der Waals surface area contributed by atoms with Crippen molar-refractivity contribution in [3.8, 4) is 0 Å². The van der Waals surface area contributed by atoms with Gasteiger partial charge in [0.2, 0.25) is 0 Å². The molecule has 7 heteroatoms. The van der Waals surface area contributed by atoms with Gasteiger partial charge in [-0.25, -0.2) is 0 Å². The van der Waals surface area contributed by atoms with E-state index in [1.807, 2.05) is 0 Å². The zero-order valence-electron chi connectivity index (χ0n) is 7.43. The van der Waals surface area contributed by atoms with Crippen molar-refractivity contribution in [1.82, 2.24) is 10.2 Å². The van der Waals surface area contributed by atoms with E-state index >= 15 is 0 Å². The molecule has 0 radical (unpaired) electrons. The fraction of sp³-hybridized carbons (Fsp3) is 0.429. The van der Waals surface area contributed by atoms with E-state index in [2.05, 4.69) is 10.2 Å². The van der Waals surface area contributed by atoms with Crippen LogP contribution in [0.5, 0.6) is 0 Å². The van der Waals surface area contributed by atoms with Gasteiger partial charge in [0.1, 0.15) is 0 Å². The Hall–Kier alpha value is -1.04. The standard InChI is InChI=1S/C7H7ClF3N3/c1-14(2)5-3-4(7(9,10)11)6(8)13-12-5/h3H,1-2H3. The summed E-state index contributed by atoms with van der Waals surface area (Å²) in [6.07, 6.45) is -4.50. The van der Waals surface area contributed by atoms with Crippen LogP contribution < -0.4 is 4.90 Å². The van der Waals surface area contributed by atoms with Crippen molar-refractivity contribution in [1.29, 1.82) is 0 Å². The van der Waals surface area contributed by atoms with Crippen LogP contribution in [0.3, 0.4) is 0 Å². The first-order chi connectivity index (χ1) is 6.32. The zero-order chi connectivity index (χ0) is 10.9. The third kappa shape index (κ3) is 2.25. The van der Waals surface area contributed by atoms with E-state index in [9.17, 15) is 13.2 Å². The third-order valence-corrected chi connectivity index (χ3v) is 1.78. The van der Waals surface area contributed by atoms with Crippen LogP contribution in [0.25, 0.3) is 0 Å². The fourth-order valence-electron chi connectivity index (χ4n) is 0.784. The summed E-state index contributed by atoms with van der Waals surface area (Å²) in [4.78, 5) is 1.42. The van der Waals surface area contributed by atoms with Gasteiger partial charge in [-0.2, -0.15) is 13.2 Å². The van der Waals surface area contributed by atoms with Crippen LogP contribution in [-0.4, -0.2) is 24.3 Å². The molecule has 0 unspecified atom stereocenters. The van der Waals surface area contributed by atoms with E-state index in [4.69, 9.17) is 11.6 Å². The Bertz CT molecular complexity index is 337. The van der Waals surface area contributed by atoms with Crippen LogP contribution in [0.15, 0.2) is 6.07 Å². The molecule has 0 bridgehead atoms. The topological polar surface area (TPSA) is 29.0 Å². The van der Waals surface area contributed by atoms with Crippen LogP contribution in [0.1, 0.15) is 5.56 Å². The molecule has 0 aliphatic carbocycles. The summed E-state index contributed by atoms with van der Waals surface area (Å²) in [5, 5.41) is 6.08. The van der Waals surface area contributed by atoms with Gasteiger partial charge in [-0.15, -0.1) is 10.2 Å². The van der Waals surface area contributed by atoms with Crippen LogP contribution in [0, 0.1) is 0 Å². The van der Waals surface area contributed by atoms with Gasteiger partial charge in [0, 0.05) is 14.1 Å². The molecule has 0 saturated carbocycles. The number of alkyl halides is 3. The lowest BCUT2D eigenvalue weighted by molar-refractivity contribution is -0.137. The number of nitrogens with zero attached hydrogens (tertiary/aromatic N) is 3. The van der Waals surface area contributed by atoms with Crippen LogP contribution in [0.4, 0.5) is 19.0 Å². The van der Waals surface area contributed by atoms with Crippen molar-refractivity contribution in [2.24, 2.45) is 0 Å². The molecule has 0 aromatic carbocycles. The highest BCUT2D eigenvalue weighted by atomic mass is 35.5. The summed E-state index contributed by atoms with van der Waals surface area (Å²) < 4.78 is 37.0. The van der Waals surface area contributed by atoms with Gasteiger partial charge < -0.3 is 4.90 Å². The quantitative estimate of drug-likeness (QED) is 0.734.